The lowest BCUT2D eigenvalue weighted by Crippen LogP contribution is -2.51. The number of carbonyl (C=O) groups is 3. The van der Waals surface area contributed by atoms with Crippen molar-refractivity contribution in [2.24, 2.45) is 0 Å². The number of ether oxygens (including phenoxy) is 2. The van der Waals surface area contributed by atoms with Crippen molar-refractivity contribution in [2.75, 3.05) is 13.7 Å². The highest BCUT2D eigenvalue weighted by atomic mass is 16.7. The van der Waals surface area contributed by atoms with Crippen LogP contribution in [-0.2, 0) is 23.9 Å². The van der Waals surface area contributed by atoms with Crippen LogP contribution in [-0.4, -0.2) is 52.7 Å². The molecule has 0 saturated heterocycles. The summed E-state index contributed by atoms with van der Waals surface area (Å²) in [6.07, 6.45) is 0. The zero-order chi connectivity index (χ0) is 11.4. The Hall–Kier alpha value is -1.67. The minimum Gasteiger partial charge on any atom is -0.480 e. The Bertz CT molecular complexity index is 243. The van der Waals surface area contributed by atoms with Gasteiger partial charge >= 0.3 is 23.7 Å². The number of carboxylic acid groups (broad SMARTS) is 3. The third kappa shape index (κ3) is 2.41. The van der Waals surface area contributed by atoms with Crippen molar-refractivity contribution in [1.29, 1.82) is 0 Å². The van der Waals surface area contributed by atoms with Crippen LogP contribution in [0.25, 0.3) is 0 Å². The number of hydrogen-bond donors (Lipinski definition) is 3. The SMILES string of the molecule is COC(OCC(=O)O)(C(=O)O)C(=O)O. The molecule has 0 rings (SSSR count). The summed E-state index contributed by atoms with van der Waals surface area (Å²) in [7, 11) is 0.782. The lowest BCUT2D eigenvalue weighted by atomic mass is 10.3. The first-order chi connectivity index (χ1) is 6.36. The first-order valence-corrected chi connectivity index (χ1v) is 3.24. The average molecular weight is 208 g/mol. The third-order valence-corrected chi connectivity index (χ3v) is 1.25. The molecule has 3 N–H and O–H groups in total. The first kappa shape index (κ1) is 12.3. The van der Waals surface area contributed by atoms with E-state index in [2.05, 4.69) is 9.47 Å². The third-order valence-electron chi connectivity index (χ3n) is 1.25. The Morgan fingerprint density at radius 2 is 1.57 bits per heavy atom. The summed E-state index contributed by atoms with van der Waals surface area (Å²) in [5.41, 5.74) is 0. The van der Waals surface area contributed by atoms with Crippen LogP contribution >= 0.6 is 0 Å². The zero-order valence-corrected chi connectivity index (χ0v) is 7.09. The van der Waals surface area contributed by atoms with E-state index in [0.717, 1.165) is 7.11 Å². The maximum Gasteiger partial charge on any atom is 0.377 e. The van der Waals surface area contributed by atoms with Crippen LogP contribution < -0.4 is 0 Å². The molecular weight excluding hydrogens is 200 g/mol. The molecule has 0 aromatic rings. The van der Waals surface area contributed by atoms with Crippen LogP contribution in [0.4, 0.5) is 0 Å². The molecule has 0 aliphatic rings. The molecule has 0 bridgehead atoms. The van der Waals surface area contributed by atoms with Crippen molar-refractivity contribution >= 4 is 17.9 Å². The van der Waals surface area contributed by atoms with Gasteiger partial charge in [0.15, 0.2) is 0 Å². The maximum absolute atomic E-state index is 10.5. The highest BCUT2D eigenvalue weighted by Gasteiger charge is 2.49. The summed E-state index contributed by atoms with van der Waals surface area (Å²) in [4.78, 5) is 31.0. The smallest absolute Gasteiger partial charge is 0.377 e. The zero-order valence-electron chi connectivity index (χ0n) is 7.09. The van der Waals surface area contributed by atoms with Gasteiger partial charge in [0.05, 0.1) is 0 Å². The van der Waals surface area contributed by atoms with Crippen molar-refractivity contribution in [3.05, 3.63) is 0 Å². The van der Waals surface area contributed by atoms with E-state index in [0.29, 0.717) is 0 Å². The summed E-state index contributed by atoms with van der Waals surface area (Å²) in [5, 5.41) is 25.1. The standard InChI is InChI=1S/C6H8O8/c1-13-6(4(9)10,5(11)12)14-2-3(7)8/h2H2,1H3,(H,7,8)(H,9,10)(H,11,12). The Morgan fingerprint density at radius 1 is 1.14 bits per heavy atom. The minimum absolute atomic E-state index is 0.782. The van der Waals surface area contributed by atoms with Crippen LogP contribution in [0.3, 0.4) is 0 Å². The monoisotopic (exact) mass is 208 g/mol. The molecule has 0 radical (unpaired) electrons. The molecule has 8 heteroatoms. The average Bonchev–Trinajstić information content (AvgIpc) is 2.04. The van der Waals surface area contributed by atoms with Crippen LogP contribution in [0.15, 0.2) is 0 Å². The van der Waals surface area contributed by atoms with Gasteiger partial charge in [0.2, 0.25) is 0 Å². The summed E-state index contributed by atoms with van der Waals surface area (Å²) < 4.78 is 8.27. The number of aliphatic carboxylic acids is 3. The van der Waals surface area contributed by atoms with Gasteiger partial charge in [0, 0.05) is 7.11 Å². The first-order valence-electron chi connectivity index (χ1n) is 3.24. The van der Waals surface area contributed by atoms with Crippen molar-refractivity contribution in [3.63, 3.8) is 0 Å². The van der Waals surface area contributed by atoms with E-state index in [1.165, 1.54) is 0 Å². The predicted octanol–water partition coefficient (Wildman–Crippen LogP) is -1.40. The molecule has 80 valence electrons. The van der Waals surface area contributed by atoms with E-state index < -0.39 is 30.3 Å². The minimum atomic E-state index is -2.97. The predicted molar refractivity (Wildman–Crippen MR) is 38.6 cm³/mol. The fourth-order valence-corrected chi connectivity index (χ4v) is 0.612. The molecule has 0 fully saturated rings. The van der Waals surface area contributed by atoms with Crippen LogP contribution in [0.1, 0.15) is 0 Å². The van der Waals surface area contributed by atoms with Crippen molar-refractivity contribution < 1.29 is 39.2 Å². The molecule has 0 unspecified atom stereocenters. The molecule has 0 aliphatic carbocycles. The number of carboxylic acids is 3. The van der Waals surface area contributed by atoms with Gasteiger partial charge in [-0.15, -0.1) is 0 Å². The largest absolute Gasteiger partial charge is 0.480 e. The normalized spacial score (nSPS) is 10.9. The number of hydrogen-bond acceptors (Lipinski definition) is 5. The topological polar surface area (TPSA) is 130 Å². The molecule has 0 spiro atoms. The fraction of sp³-hybridized carbons (Fsp3) is 0.500. The van der Waals surface area contributed by atoms with Gasteiger partial charge in [-0.1, -0.05) is 0 Å². The van der Waals surface area contributed by atoms with Gasteiger partial charge in [0.1, 0.15) is 6.61 Å². The molecule has 8 nitrogen and oxygen atoms in total. The van der Waals surface area contributed by atoms with Crippen molar-refractivity contribution in [3.8, 4) is 0 Å². The van der Waals surface area contributed by atoms with Crippen molar-refractivity contribution in [2.45, 2.75) is 5.79 Å². The van der Waals surface area contributed by atoms with Crippen molar-refractivity contribution in [1.82, 2.24) is 0 Å². The molecule has 0 atom stereocenters. The van der Waals surface area contributed by atoms with Gasteiger partial charge < -0.3 is 24.8 Å². The van der Waals surface area contributed by atoms with Crippen LogP contribution in [0.2, 0.25) is 0 Å². The summed E-state index contributed by atoms with van der Waals surface area (Å²) in [6.45, 7) is -1.09. The van der Waals surface area contributed by atoms with E-state index in [4.69, 9.17) is 15.3 Å². The van der Waals surface area contributed by atoms with Crippen LogP contribution in [0.5, 0.6) is 0 Å². The Morgan fingerprint density at radius 3 is 1.79 bits per heavy atom. The van der Waals surface area contributed by atoms with Gasteiger partial charge in [-0.3, -0.25) is 0 Å². The Kier molecular flexibility index (Phi) is 3.99. The second kappa shape index (κ2) is 4.53. The molecule has 0 aromatic heterocycles. The molecule has 0 aromatic carbocycles. The lowest BCUT2D eigenvalue weighted by molar-refractivity contribution is -0.240. The highest BCUT2D eigenvalue weighted by molar-refractivity contribution is 6.00. The molecule has 0 amide bonds. The van der Waals surface area contributed by atoms with E-state index in [-0.39, 0.29) is 0 Å². The van der Waals surface area contributed by atoms with Gasteiger partial charge in [0.25, 0.3) is 0 Å². The molecule has 0 saturated carbocycles. The summed E-state index contributed by atoms with van der Waals surface area (Å²) >= 11 is 0. The highest BCUT2D eigenvalue weighted by Crippen LogP contribution is 2.12. The Labute approximate surface area is 77.7 Å². The summed E-state index contributed by atoms with van der Waals surface area (Å²) in [5.74, 6) is -8.35. The number of rotatable bonds is 6. The van der Waals surface area contributed by atoms with E-state index in [1.54, 1.807) is 0 Å². The van der Waals surface area contributed by atoms with E-state index in [9.17, 15) is 14.4 Å². The molecular formula is C6H8O8. The van der Waals surface area contributed by atoms with Gasteiger partial charge in [-0.25, -0.2) is 14.4 Å². The Balaban J connectivity index is 4.77. The molecule has 14 heavy (non-hydrogen) atoms. The van der Waals surface area contributed by atoms with E-state index in [1.807, 2.05) is 0 Å². The van der Waals surface area contributed by atoms with Gasteiger partial charge in [-0.05, 0) is 0 Å². The lowest BCUT2D eigenvalue weighted by Gasteiger charge is -2.21. The summed E-state index contributed by atoms with van der Waals surface area (Å²) in [6, 6.07) is 0. The van der Waals surface area contributed by atoms with Gasteiger partial charge in [-0.2, -0.15) is 0 Å². The second-order valence-electron chi connectivity index (χ2n) is 2.11. The number of methoxy groups -OCH3 is 1. The quantitative estimate of drug-likeness (QED) is 0.358. The molecule has 0 heterocycles. The van der Waals surface area contributed by atoms with Crippen LogP contribution in [0, 0.1) is 0 Å². The maximum atomic E-state index is 10.5. The molecule has 0 aliphatic heterocycles. The van der Waals surface area contributed by atoms with E-state index >= 15 is 0 Å². The fourth-order valence-electron chi connectivity index (χ4n) is 0.612. The second-order valence-corrected chi connectivity index (χ2v) is 2.11.